The molecule has 0 aromatic rings. The molecule has 1 atom stereocenters. The molecule has 0 saturated carbocycles. The quantitative estimate of drug-likeness (QED) is 0.156. The Morgan fingerprint density at radius 3 is 1.96 bits per heavy atom. The number of carboxylic acid groups (broad SMARTS) is 1. The lowest BCUT2D eigenvalue weighted by Gasteiger charge is -2.04. The van der Waals surface area contributed by atoms with Crippen LogP contribution in [0.15, 0.2) is 48.6 Å². The molecular formula is C24H40O4. The van der Waals surface area contributed by atoms with Crippen LogP contribution in [-0.2, 0) is 14.3 Å². The van der Waals surface area contributed by atoms with Crippen molar-refractivity contribution in [2.45, 2.75) is 79.1 Å². The van der Waals surface area contributed by atoms with Gasteiger partial charge in [0.15, 0.2) is 0 Å². The number of aliphatic carboxylic acids is 1. The van der Waals surface area contributed by atoms with Gasteiger partial charge in [-0.1, -0.05) is 76.6 Å². The summed E-state index contributed by atoms with van der Waals surface area (Å²) in [6, 6.07) is 0. The molecular weight excluding hydrogens is 352 g/mol. The summed E-state index contributed by atoms with van der Waals surface area (Å²) in [5, 5.41) is 8.88. The number of allylic oxidation sites excluding steroid dienone is 5. The van der Waals surface area contributed by atoms with E-state index in [0.717, 1.165) is 44.9 Å². The van der Waals surface area contributed by atoms with Crippen LogP contribution in [-0.4, -0.2) is 23.7 Å². The van der Waals surface area contributed by atoms with Gasteiger partial charge in [-0.15, -0.1) is 0 Å². The van der Waals surface area contributed by atoms with Crippen molar-refractivity contribution in [2.75, 3.05) is 6.61 Å². The molecule has 0 aromatic heterocycles. The minimum Gasteiger partial charge on any atom is -0.481 e. The van der Waals surface area contributed by atoms with Crippen LogP contribution in [0.5, 0.6) is 0 Å². The maximum Gasteiger partial charge on any atom is 0.330 e. The minimum atomic E-state index is -0.723. The van der Waals surface area contributed by atoms with Gasteiger partial charge in [-0.05, 0) is 44.9 Å². The van der Waals surface area contributed by atoms with Gasteiger partial charge in [0, 0.05) is 6.08 Å². The van der Waals surface area contributed by atoms with Crippen molar-refractivity contribution in [2.24, 2.45) is 5.92 Å². The SMILES string of the molecule is CC/C=C\CCC(/C=C\CC)C(=O)O.CC/C=C\CCOC(=O)C=CCCC. The summed E-state index contributed by atoms with van der Waals surface area (Å²) in [6.07, 6.45) is 22.6. The van der Waals surface area contributed by atoms with Crippen LogP contribution in [0.4, 0.5) is 0 Å². The third kappa shape index (κ3) is 21.9. The zero-order valence-corrected chi connectivity index (χ0v) is 18.2. The fraction of sp³-hybridized carbons (Fsp3) is 0.583. The highest BCUT2D eigenvalue weighted by Crippen LogP contribution is 2.10. The van der Waals surface area contributed by atoms with E-state index in [2.05, 4.69) is 39.0 Å². The first-order chi connectivity index (χ1) is 13.5. The van der Waals surface area contributed by atoms with Gasteiger partial charge in [-0.25, -0.2) is 4.79 Å². The van der Waals surface area contributed by atoms with Gasteiger partial charge in [0.05, 0.1) is 12.5 Å². The smallest absolute Gasteiger partial charge is 0.330 e. The van der Waals surface area contributed by atoms with Gasteiger partial charge >= 0.3 is 11.9 Å². The number of carbonyl (C=O) groups excluding carboxylic acids is 1. The summed E-state index contributed by atoms with van der Waals surface area (Å²) in [5.41, 5.74) is 0. The molecule has 0 fully saturated rings. The molecule has 0 amide bonds. The molecule has 160 valence electrons. The van der Waals surface area contributed by atoms with Crippen LogP contribution < -0.4 is 0 Å². The summed E-state index contributed by atoms with van der Waals surface area (Å²) in [7, 11) is 0. The van der Waals surface area contributed by atoms with E-state index < -0.39 is 5.97 Å². The monoisotopic (exact) mass is 392 g/mol. The van der Waals surface area contributed by atoms with E-state index in [1.807, 2.05) is 25.2 Å². The van der Waals surface area contributed by atoms with Crippen molar-refractivity contribution in [1.82, 2.24) is 0 Å². The van der Waals surface area contributed by atoms with Crippen LogP contribution in [0, 0.1) is 5.92 Å². The number of ether oxygens (including phenoxy) is 1. The molecule has 0 aliphatic carbocycles. The van der Waals surface area contributed by atoms with Gasteiger partial charge in [-0.3, -0.25) is 4.79 Å². The first-order valence-corrected chi connectivity index (χ1v) is 10.6. The van der Waals surface area contributed by atoms with E-state index in [-0.39, 0.29) is 11.9 Å². The fourth-order valence-corrected chi connectivity index (χ4v) is 2.07. The van der Waals surface area contributed by atoms with Crippen molar-refractivity contribution >= 4 is 11.9 Å². The van der Waals surface area contributed by atoms with Gasteiger partial charge in [0.1, 0.15) is 0 Å². The summed E-state index contributed by atoms with van der Waals surface area (Å²) < 4.78 is 4.96. The van der Waals surface area contributed by atoms with Crippen molar-refractivity contribution in [3.8, 4) is 0 Å². The molecule has 1 unspecified atom stereocenters. The van der Waals surface area contributed by atoms with E-state index in [9.17, 15) is 9.59 Å². The molecule has 0 rings (SSSR count). The summed E-state index contributed by atoms with van der Waals surface area (Å²) in [4.78, 5) is 21.8. The molecule has 0 saturated heterocycles. The highest BCUT2D eigenvalue weighted by atomic mass is 16.5. The number of hydrogen-bond donors (Lipinski definition) is 1. The van der Waals surface area contributed by atoms with E-state index >= 15 is 0 Å². The number of carbonyl (C=O) groups is 2. The Hall–Kier alpha value is -2.10. The third-order valence-electron chi connectivity index (χ3n) is 3.61. The van der Waals surface area contributed by atoms with E-state index in [4.69, 9.17) is 9.84 Å². The summed E-state index contributed by atoms with van der Waals surface area (Å²) >= 11 is 0. The second kappa shape index (κ2) is 22.9. The molecule has 0 radical (unpaired) electrons. The first kappa shape index (κ1) is 28.1. The predicted molar refractivity (Wildman–Crippen MR) is 118 cm³/mol. The lowest BCUT2D eigenvalue weighted by atomic mass is 10.0. The topological polar surface area (TPSA) is 63.6 Å². The highest BCUT2D eigenvalue weighted by Gasteiger charge is 2.11. The second-order valence-corrected chi connectivity index (χ2v) is 6.27. The van der Waals surface area contributed by atoms with E-state index in [1.54, 1.807) is 6.08 Å². The Kier molecular flexibility index (Phi) is 23.0. The van der Waals surface area contributed by atoms with Crippen LogP contribution in [0.1, 0.15) is 79.1 Å². The number of unbranched alkanes of at least 4 members (excludes halogenated alkanes) is 1. The maximum absolute atomic E-state index is 11.0. The molecule has 0 bridgehead atoms. The highest BCUT2D eigenvalue weighted by molar-refractivity contribution is 5.81. The largest absolute Gasteiger partial charge is 0.481 e. The number of hydrogen-bond acceptors (Lipinski definition) is 3. The lowest BCUT2D eigenvalue weighted by Crippen LogP contribution is -2.10. The molecule has 4 heteroatoms. The molecule has 28 heavy (non-hydrogen) atoms. The van der Waals surface area contributed by atoms with Gasteiger partial charge in [-0.2, -0.15) is 0 Å². The normalized spacial score (nSPS) is 12.6. The van der Waals surface area contributed by atoms with Crippen LogP contribution in [0.3, 0.4) is 0 Å². The molecule has 4 nitrogen and oxygen atoms in total. The Labute approximate surface area is 172 Å². The van der Waals surface area contributed by atoms with Crippen LogP contribution >= 0.6 is 0 Å². The Morgan fingerprint density at radius 2 is 1.43 bits per heavy atom. The molecule has 1 N–H and O–H groups in total. The summed E-state index contributed by atoms with van der Waals surface area (Å²) in [5.74, 6) is -1.28. The third-order valence-corrected chi connectivity index (χ3v) is 3.61. The zero-order valence-electron chi connectivity index (χ0n) is 18.2. The molecule has 0 aromatic carbocycles. The van der Waals surface area contributed by atoms with Crippen molar-refractivity contribution < 1.29 is 19.4 Å². The minimum absolute atomic E-state index is 0.233. The average molecular weight is 393 g/mol. The lowest BCUT2D eigenvalue weighted by molar-refractivity contribution is -0.140. The summed E-state index contributed by atoms with van der Waals surface area (Å²) in [6.45, 7) is 8.71. The number of rotatable bonds is 14. The van der Waals surface area contributed by atoms with Crippen molar-refractivity contribution in [3.63, 3.8) is 0 Å². The fourth-order valence-electron chi connectivity index (χ4n) is 2.07. The second-order valence-electron chi connectivity index (χ2n) is 6.27. The van der Waals surface area contributed by atoms with E-state index in [0.29, 0.717) is 13.0 Å². The Morgan fingerprint density at radius 1 is 0.821 bits per heavy atom. The Bertz CT molecular complexity index is 487. The van der Waals surface area contributed by atoms with Crippen molar-refractivity contribution in [3.05, 3.63) is 48.6 Å². The van der Waals surface area contributed by atoms with E-state index in [1.165, 1.54) is 6.08 Å². The predicted octanol–water partition coefficient (Wildman–Crippen LogP) is 6.64. The molecule has 0 spiro atoms. The standard InChI is InChI=1S/2C12H20O2/c1-3-5-7-8-10-11(12(13)14)9-6-4-2;1-3-5-7-9-11-14-12(13)10-8-6-4-2/h5-7,9,11H,3-4,8,10H2,1-2H3,(H,13,14);5,7-8,10H,3-4,6,9,11H2,1-2H3/b7-5-,9-6-;7-5-,10-8?. The van der Waals surface area contributed by atoms with Gasteiger partial charge in [0.2, 0.25) is 0 Å². The number of esters is 1. The van der Waals surface area contributed by atoms with Crippen LogP contribution in [0.25, 0.3) is 0 Å². The zero-order chi connectivity index (χ0) is 21.5. The average Bonchev–Trinajstić information content (AvgIpc) is 2.67. The Balaban J connectivity index is 0. The van der Waals surface area contributed by atoms with Crippen LogP contribution in [0.2, 0.25) is 0 Å². The van der Waals surface area contributed by atoms with Crippen molar-refractivity contribution in [1.29, 1.82) is 0 Å². The first-order valence-electron chi connectivity index (χ1n) is 10.6. The number of carboxylic acids is 1. The molecule has 0 heterocycles. The molecule has 0 aliphatic rings. The van der Waals surface area contributed by atoms with Gasteiger partial charge in [0.25, 0.3) is 0 Å². The molecule has 0 aliphatic heterocycles. The van der Waals surface area contributed by atoms with Gasteiger partial charge < -0.3 is 9.84 Å². The maximum atomic E-state index is 11.0.